The second-order valence-corrected chi connectivity index (χ2v) is 8.47. The van der Waals surface area contributed by atoms with E-state index in [1.54, 1.807) is 6.92 Å². The van der Waals surface area contributed by atoms with Crippen molar-refractivity contribution < 1.29 is 9.53 Å². The normalized spacial score (nSPS) is 19.4. The van der Waals surface area contributed by atoms with Crippen LogP contribution in [0, 0.1) is 6.92 Å². The molecule has 4 heterocycles. The molecule has 2 aromatic heterocycles. The third-order valence-electron chi connectivity index (χ3n) is 6.04. The number of fused-ring (bicyclic) bond motifs is 1. The molecule has 9 heteroatoms. The highest BCUT2D eigenvalue weighted by molar-refractivity contribution is 6.33. The number of hydrogen-bond donors (Lipinski definition) is 0. The van der Waals surface area contributed by atoms with Crippen LogP contribution >= 0.6 is 11.6 Å². The molecule has 1 unspecified atom stereocenters. The van der Waals surface area contributed by atoms with Crippen molar-refractivity contribution in [1.82, 2.24) is 24.4 Å². The van der Waals surface area contributed by atoms with Gasteiger partial charge in [0, 0.05) is 45.3 Å². The Morgan fingerprint density at radius 3 is 2.58 bits per heavy atom. The monoisotopic (exact) mass is 440 g/mol. The summed E-state index contributed by atoms with van der Waals surface area (Å²) in [5.41, 5.74) is 2.45. The maximum absolute atomic E-state index is 11.7. The molecule has 0 N–H and O–H groups in total. The van der Waals surface area contributed by atoms with Crippen molar-refractivity contribution in [2.45, 2.75) is 26.3 Å². The third-order valence-corrected chi connectivity index (χ3v) is 6.37. The van der Waals surface area contributed by atoms with Crippen molar-refractivity contribution in [3.05, 3.63) is 35.1 Å². The smallest absolute Gasteiger partial charge is 0.219 e. The fraction of sp³-hybridized carbons (Fsp3) is 0.455. The molecule has 0 bridgehead atoms. The number of imidazole rings is 1. The highest BCUT2D eigenvalue weighted by atomic mass is 35.5. The number of aryl methyl sites for hydroxylation is 1. The Balaban J connectivity index is 1.66. The average Bonchev–Trinajstić information content (AvgIpc) is 3.41. The van der Waals surface area contributed by atoms with Crippen LogP contribution in [0.4, 0.5) is 5.82 Å². The third kappa shape index (κ3) is 3.64. The number of carbonyl (C=O) groups is 1. The predicted octanol–water partition coefficient (Wildman–Crippen LogP) is 3.09. The molecule has 162 valence electrons. The predicted molar refractivity (Wildman–Crippen MR) is 119 cm³/mol. The Hall–Kier alpha value is -2.71. The number of piperazine rings is 1. The van der Waals surface area contributed by atoms with E-state index in [-0.39, 0.29) is 11.9 Å². The molecular formula is C22H25ClN6O2. The van der Waals surface area contributed by atoms with E-state index >= 15 is 0 Å². The van der Waals surface area contributed by atoms with Crippen molar-refractivity contribution in [3.8, 4) is 11.4 Å². The zero-order valence-electron chi connectivity index (χ0n) is 17.7. The molecule has 0 saturated carbocycles. The molecule has 0 radical (unpaired) electrons. The quantitative estimate of drug-likeness (QED) is 0.623. The summed E-state index contributed by atoms with van der Waals surface area (Å²) in [6.07, 6.45) is 0.901. The van der Waals surface area contributed by atoms with Crippen LogP contribution in [-0.2, 0) is 9.53 Å². The molecule has 0 aliphatic carbocycles. The number of hydrogen-bond acceptors (Lipinski definition) is 6. The lowest BCUT2D eigenvalue weighted by Gasteiger charge is -2.35. The minimum absolute atomic E-state index is 0.107. The molecule has 2 aliphatic rings. The Bertz CT molecular complexity index is 1130. The van der Waals surface area contributed by atoms with E-state index in [1.807, 2.05) is 36.1 Å². The topological polar surface area (TPSA) is 76.4 Å². The molecule has 1 atom stereocenters. The minimum Gasteiger partial charge on any atom is -0.379 e. The van der Waals surface area contributed by atoms with Gasteiger partial charge in [0.15, 0.2) is 17.0 Å². The molecule has 1 amide bonds. The highest BCUT2D eigenvalue weighted by Gasteiger charge is 2.29. The van der Waals surface area contributed by atoms with Crippen molar-refractivity contribution in [2.24, 2.45) is 0 Å². The van der Waals surface area contributed by atoms with Crippen molar-refractivity contribution in [1.29, 1.82) is 0 Å². The first-order valence-electron chi connectivity index (χ1n) is 10.6. The molecule has 0 spiro atoms. The lowest BCUT2D eigenvalue weighted by molar-refractivity contribution is -0.129. The summed E-state index contributed by atoms with van der Waals surface area (Å²) in [6, 6.07) is 7.90. The molecule has 1 aromatic carbocycles. The van der Waals surface area contributed by atoms with Gasteiger partial charge in [-0.05, 0) is 25.5 Å². The van der Waals surface area contributed by atoms with Crippen LogP contribution in [0.2, 0.25) is 5.02 Å². The standard InChI is InChI=1S/C22H25ClN6O2/c1-14-24-21(28-10-8-27(9-11-28)15(2)30)19-22(25-14)29(16-7-12-31-13-16)20(26-19)17-5-3-4-6-18(17)23/h3-6,16H,7-13H2,1-2H3. The fourth-order valence-corrected chi connectivity index (χ4v) is 4.64. The van der Waals surface area contributed by atoms with E-state index in [0.29, 0.717) is 43.6 Å². The highest BCUT2D eigenvalue weighted by Crippen LogP contribution is 2.36. The Labute approximate surface area is 185 Å². The fourth-order valence-electron chi connectivity index (χ4n) is 4.42. The van der Waals surface area contributed by atoms with Gasteiger partial charge in [-0.3, -0.25) is 4.79 Å². The Morgan fingerprint density at radius 2 is 1.90 bits per heavy atom. The molecule has 5 rings (SSSR count). The van der Waals surface area contributed by atoms with Crippen LogP contribution in [0.15, 0.2) is 24.3 Å². The number of amides is 1. The molecule has 2 aliphatic heterocycles. The summed E-state index contributed by atoms with van der Waals surface area (Å²) in [7, 11) is 0. The largest absolute Gasteiger partial charge is 0.379 e. The van der Waals surface area contributed by atoms with Crippen molar-refractivity contribution >= 4 is 34.5 Å². The van der Waals surface area contributed by atoms with Crippen LogP contribution in [0.1, 0.15) is 25.2 Å². The van der Waals surface area contributed by atoms with E-state index in [9.17, 15) is 4.79 Å². The lowest BCUT2D eigenvalue weighted by atomic mass is 10.2. The van der Waals surface area contributed by atoms with Gasteiger partial charge >= 0.3 is 0 Å². The summed E-state index contributed by atoms with van der Waals surface area (Å²) in [4.78, 5) is 30.4. The maximum atomic E-state index is 11.7. The van der Waals surface area contributed by atoms with Gasteiger partial charge in [0.1, 0.15) is 11.6 Å². The maximum Gasteiger partial charge on any atom is 0.219 e. The second-order valence-electron chi connectivity index (χ2n) is 8.06. The van der Waals surface area contributed by atoms with Crippen LogP contribution < -0.4 is 4.90 Å². The number of anilines is 1. The van der Waals surface area contributed by atoms with Crippen LogP contribution in [0.5, 0.6) is 0 Å². The molecule has 2 saturated heterocycles. The second kappa shape index (κ2) is 8.09. The van der Waals surface area contributed by atoms with E-state index in [2.05, 4.69) is 9.47 Å². The van der Waals surface area contributed by atoms with Crippen LogP contribution in [0.25, 0.3) is 22.6 Å². The molecule has 3 aromatic rings. The van der Waals surface area contributed by atoms with E-state index in [4.69, 9.17) is 31.3 Å². The summed E-state index contributed by atoms with van der Waals surface area (Å²) in [5.74, 6) is 2.41. The van der Waals surface area contributed by atoms with Gasteiger partial charge in [0.25, 0.3) is 0 Å². The van der Waals surface area contributed by atoms with Crippen LogP contribution in [0.3, 0.4) is 0 Å². The number of aromatic nitrogens is 4. The SMILES string of the molecule is CC(=O)N1CCN(c2nc(C)nc3c2nc(-c2ccccc2Cl)n3C2CCOC2)CC1. The van der Waals surface area contributed by atoms with Gasteiger partial charge in [0.05, 0.1) is 17.7 Å². The Kier molecular flexibility index (Phi) is 5.27. The summed E-state index contributed by atoms with van der Waals surface area (Å²) >= 11 is 6.56. The number of benzene rings is 1. The zero-order valence-corrected chi connectivity index (χ0v) is 18.5. The molecule has 2 fully saturated rings. The first-order valence-corrected chi connectivity index (χ1v) is 11.0. The number of ether oxygens (including phenoxy) is 1. The van der Waals surface area contributed by atoms with Gasteiger partial charge in [0.2, 0.25) is 5.91 Å². The number of rotatable bonds is 3. The number of carbonyl (C=O) groups excluding carboxylic acids is 1. The molecule has 8 nitrogen and oxygen atoms in total. The van der Waals surface area contributed by atoms with Gasteiger partial charge in [-0.1, -0.05) is 23.7 Å². The van der Waals surface area contributed by atoms with Gasteiger partial charge in [-0.2, -0.15) is 0 Å². The first-order chi connectivity index (χ1) is 15.0. The number of nitrogens with zero attached hydrogens (tertiary/aromatic N) is 6. The lowest BCUT2D eigenvalue weighted by Crippen LogP contribution is -2.48. The summed E-state index contributed by atoms with van der Waals surface area (Å²) in [5, 5.41) is 0.652. The van der Waals surface area contributed by atoms with Crippen molar-refractivity contribution in [2.75, 3.05) is 44.3 Å². The zero-order chi connectivity index (χ0) is 21.5. The molecular weight excluding hydrogens is 416 g/mol. The Morgan fingerprint density at radius 1 is 1.13 bits per heavy atom. The number of halogens is 1. The first kappa shape index (κ1) is 20.2. The van der Waals surface area contributed by atoms with Crippen molar-refractivity contribution in [3.63, 3.8) is 0 Å². The van der Waals surface area contributed by atoms with Crippen LogP contribution in [-0.4, -0.2) is 69.7 Å². The van der Waals surface area contributed by atoms with Gasteiger partial charge in [-0.15, -0.1) is 0 Å². The average molecular weight is 441 g/mol. The van der Waals surface area contributed by atoms with E-state index in [1.165, 1.54) is 0 Å². The van der Waals surface area contributed by atoms with E-state index in [0.717, 1.165) is 41.4 Å². The van der Waals surface area contributed by atoms with E-state index < -0.39 is 0 Å². The summed E-state index contributed by atoms with van der Waals surface area (Å²) < 4.78 is 7.86. The van der Waals surface area contributed by atoms with Gasteiger partial charge < -0.3 is 19.1 Å². The summed E-state index contributed by atoms with van der Waals surface area (Å²) in [6.45, 7) is 7.64. The molecule has 31 heavy (non-hydrogen) atoms. The minimum atomic E-state index is 0.107. The van der Waals surface area contributed by atoms with Gasteiger partial charge in [-0.25, -0.2) is 15.0 Å².